The van der Waals surface area contributed by atoms with Crippen LogP contribution in [0.1, 0.15) is 22.0 Å². The highest BCUT2D eigenvalue weighted by Gasteiger charge is 2.49. The highest BCUT2D eigenvalue weighted by atomic mass is 16.7. The Morgan fingerprint density at radius 1 is 1.03 bits per heavy atom. The lowest BCUT2D eigenvalue weighted by Crippen LogP contribution is -2.44. The number of aromatic hydroxyl groups is 3. The fraction of sp³-hybridized carbons (Fsp3) is 0.381. The van der Waals surface area contributed by atoms with Gasteiger partial charge in [0.05, 0.1) is 13.7 Å². The third kappa shape index (κ3) is 3.70. The Morgan fingerprint density at radius 2 is 1.78 bits per heavy atom. The topological polar surface area (TPSA) is 175 Å². The van der Waals surface area contributed by atoms with Crippen LogP contribution in [-0.2, 0) is 9.47 Å². The Kier molecular flexibility index (Phi) is 5.84. The van der Waals surface area contributed by atoms with Crippen LogP contribution in [0.5, 0.6) is 28.7 Å². The first kappa shape index (κ1) is 22.1. The predicted octanol–water partition coefficient (Wildman–Crippen LogP) is -0.0474. The van der Waals surface area contributed by atoms with Crippen LogP contribution in [0, 0.1) is 0 Å². The highest BCUT2D eigenvalue weighted by Crippen LogP contribution is 2.44. The summed E-state index contributed by atoms with van der Waals surface area (Å²) in [5.74, 6) is -1.78. The van der Waals surface area contributed by atoms with Crippen molar-refractivity contribution in [2.45, 2.75) is 36.8 Å². The molecule has 2 aromatic carbocycles. The second-order valence-corrected chi connectivity index (χ2v) is 7.44. The molecule has 11 heteroatoms. The van der Waals surface area contributed by atoms with Gasteiger partial charge in [0.2, 0.25) is 5.78 Å². The summed E-state index contributed by atoms with van der Waals surface area (Å²) in [6.45, 7) is -0.589. The van der Waals surface area contributed by atoms with Crippen molar-refractivity contribution in [3.05, 3.63) is 41.5 Å². The lowest BCUT2D eigenvalue weighted by atomic mass is 9.92. The number of hydrogen-bond acceptors (Lipinski definition) is 11. The molecule has 172 valence electrons. The molecule has 32 heavy (non-hydrogen) atoms. The molecule has 0 radical (unpaired) electrons. The standard InChI is InChI=1S/C21H22O11/c1-29-12-4-8(2-3-10(12)24)19-20(32-21-18(28)16(26)14(7-22)31-21)17(27)15-11(25)5-9(23)6-13(15)30-19/h2-6,14,16,18-26,28H,7H2,1H3. The van der Waals surface area contributed by atoms with Crippen molar-refractivity contribution in [2.75, 3.05) is 13.7 Å². The summed E-state index contributed by atoms with van der Waals surface area (Å²) >= 11 is 0. The molecule has 0 aromatic heterocycles. The minimum Gasteiger partial charge on any atom is -0.508 e. The maximum absolute atomic E-state index is 13.3. The van der Waals surface area contributed by atoms with E-state index in [1.165, 1.54) is 25.3 Å². The average Bonchev–Trinajstić information content (AvgIpc) is 3.03. The Balaban J connectivity index is 1.75. The van der Waals surface area contributed by atoms with Gasteiger partial charge in [-0.2, -0.15) is 0 Å². The lowest BCUT2D eigenvalue weighted by molar-refractivity contribution is -0.199. The van der Waals surface area contributed by atoms with E-state index in [0.717, 1.165) is 12.1 Å². The van der Waals surface area contributed by atoms with E-state index in [0.29, 0.717) is 5.56 Å². The molecular formula is C21H22O11. The van der Waals surface area contributed by atoms with Crippen LogP contribution >= 0.6 is 0 Å². The third-order valence-corrected chi connectivity index (χ3v) is 5.41. The van der Waals surface area contributed by atoms with E-state index in [1.54, 1.807) is 0 Å². The summed E-state index contributed by atoms with van der Waals surface area (Å²) in [6, 6.07) is 6.31. The van der Waals surface area contributed by atoms with E-state index < -0.39 is 54.9 Å². The maximum atomic E-state index is 13.3. The number of rotatable bonds is 5. The molecular weight excluding hydrogens is 428 g/mol. The summed E-state index contributed by atoms with van der Waals surface area (Å²) in [5, 5.41) is 59.4. The van der Waals surface area contributed by atoms with Gasteiger partial charge in [-0.15, -0.1) is 0 Å². The third-order valence-electron chi connectivity index (χ3n) is 5.41. The summed E-state index contributed by atoms with van der Waals surface area (Å²) < 4.78 is 22.0. The molecule has 4 rings (SSSR count). The Hall–Kier alpha value is -3.09. The first-order chi connectivity index (χ1) is 15.2. The van der Waals surface area contributed by atoms with Crippen molar-refractivity contribution in [1.82, 2.24) is 0 Å². The molecule has 2 heterocycles. The first-order valence-corrected chi connectivity index (χ1v) is 9.66. The van der Waals surface area contributed by atoms with Gasteiger partial charge in [-0.25, -0.2) is 0 Å². The molecule has 6 atom stereocenters. The minimum atomic E-state index is -1.57. The molecule has 0 bridgehead atoms. The van der Waals surface area contributed by atoms with Crippen molar-refractivity contribution in [1.29, 1.82) is 0 Å². The van der Waals surface area contributed by atoms with Crippen molar-refractivity contribution in [3.8, 4) is 28.7 Å². The van der Waals surface area contributed by atoms with Crippen LogP contribution in [0.25, 0.3) is 0 Å². The van der Waals surface area contributed by atoms with Gasteiger partial charge in [0, 0.05) is 12.1 Å². The van der Waals surface area contributed by atoms with Crippen LogP contribution in [-0.4, -0.2) is 80.8 Å². The molecule has 0 amide bonds. The van der Waals surface area contributed by atoms with Crippen molar-refractivity contribution in [2.24, 2.45) is 0 Å². The monoisotopic (exact) mass is 450 g/mol. The number of benzene rings is 2. The van der Waals surface area contributed by atoms with Gasteiger partial charge in [0.15, 0.2) is 30.0 Å². The predicted molar refractivity (Wildman–Crippen MR) is 105 cm³/mol. The number of aliphatic hydroxyl groups excluding tert-OH is 3. The fourth-order valence-electron chi connectivity index (χ4n) is 3.78. The summed E-state index contributed by atoms with van der Waals surface area (Å²) in [5.41, 5.74) is 0.0831. The number of carbonyl (C=O) groups is 1. The minimum absolute atomic E-state index is 0.0924. The maximum Gasteiger partial charge on any atom is 0.203 e. The number of methoxy groups -OCH3 is 1. The van der Waals surface area contributed by atoms with Crippen LogP contribution < -0.4 is 9.47 Å². The van der Waals surface area contributed by atoms with E-state index >= 15 is 0 Å². The number of hydrogen-bond donors (Lipinski definition) is 6. The van der Waals surface area contributed by atoms with Crippen molar-refractivity contribution >= 4 is 5.78 Å². The molecule has 2 aliphatic heterocycles. The smallest absolute Gasteiger partial charge is 0.203 e. The van der Waals surface area contributed by atoms with Crippen molar-refractivity contribution in [3.63, 3.8) is 0 Å². The molecule has 0 aliphatic carbocycles. The van der Waals surface area contributed by atoms with E-state index in [4.69, 9.17) is 18.9 Å². The quantitative estimate of drug-likeness (QED) is 0.360. The number of ketones is 1. The second-order valence-electron chi connectivity index (χ2n) is 7.44. The number of Topliss-reactive ketones (excluding diaryl/α,β-unsaturated/α-hetero) is 1. The zero-order chi connectivity index (χ0) is 23.2. The van der Waals surface area contributed by atoms with E-state index in [-0.39, 0.29) is 28.6 Å². The van der Waals surface area contributed by atoms with E-state index in [9.17, 15) is 35.4 Å². The van der Waals surface area contributed by atoms with Gasteiger partial charge in [-0.05, 0) is 17.7 Å². The Morgan fingerprint density at radius 3 is 2.44 bits per heavy atom. The van der Waals surface area contributed by atoms with Gasteiger partial charge >= 0.3 is 0 Å². The number of aliphatic hydroxyl groups is 3. The van der Waals surface area contributed by atoms with Crippen LogP contribution in [0.15, 0.2) is 30.3 Å². The molecule has 0 spiro atoms. The van der Waals surface area contributed by atoms with Gasteiger partial charge in [-0.1, -0.05) is 6.07 Å². The Labute approximate surface area is 181 Å². The normalized spacial score (nSPS) is 29.4. The number of carbonyl (C=O) groups excluding carboxylic acids is 1. The molecule has 6 unspecified atom stereocenters. The van der Waals surface area contributed by atoms with Gasteiger partial charge in [0.25, 0.3) is 0 Å². The van der Waals surface area contributed by atoms with Gasteiger partial charge < -0.3 is 49.6 Å². The summed E-state index contributed by atoms with van der Waals surface area (Å²) in [7, 11) is 1.34. The summed E-state index contributed by atoms with van der Waals surface area (Å²) in [4.78, 5) is 13.3. The van der Waals surface area contributed by atoms with E-state index in [2.05, 4.69) is 0 Å². The molecule has 11 nitrogen and oxygen atoms in total. The molecule has 6 N–H and O–H groups in total. The van der Waals surface area contributed by atoms with Crippen molar-refractivity contribution < 1.29 is 54.4 Å². The average molecular weight is 450 g/mol. The Bertz CT molecular complexity index is 1020. The fourth-order valence-corrected chi connectivity index (χ4v) is 3.78. The van der Waals surface area contributed by atoms with E-state index in [1.807, 2.05) is 0 Å². The number of phenolic OH excluding ortho intramolecular Hbond substituents is 3. The highest BCUT2D eigenvalue weighted by molar-refractivity contribution is 6.05. The largest absolute Gasteiger partial charge is 0.508 e. The zero-order valence-electron chi connectivity index (χ0n) is 16.8. The van der Waals surface area contributed by atoms with Crippen LogP contribution in [0.3, 0.4) is 0 Å². The van der Waals surface area contributed by atoms with Gasteiger partial charge in [-0.3, -0.25) is 4.79 Å². The number of fused-ring (bicyclic) bond motifs is 1. The molecule has 2 aliphatic rings. The molecule has 1 fully saturated rings. The summed E-state index contributed by atoms with van der Waals surface area (Å²) in [6.07, 6.45) is -8.27. The zero-order valence-corrected chi connectivity index (χ0v) is 16.8. The molecule has 2 aromatic rings. The molecule has 1 saturated heterocycles. The second kappa shape index (κ2) is 8.45. The van der Waals surface area contributed by atoms with Crippen LogP contribution in [0.4, 0.5) is 0 Å². The SMILES string of the molecule is COc1cc(C2Oc3cc(O)cc(O)c3C(=O)C2OC2OC(CO)C(O)C2O)ccc1O. The first-order valence-electron chi connectivity index (χ1n) is 9.66. The molecule has 0 saturated carbocycles. The number of phenols is 3. The number of ether oxygens (including phenoxy) is 4. The van der Waals surface area contributed by atoms with Gasteiger partial charge in [0.1, 0.15) is 41.1 Å². The van der Waals surface area contributed by atoms with Crippen LogP contribution in [0.2, 0.25) is 0 Å². The lowest BCUT2D eigenvalue weighted by Gasteiger charge is -2.34.